The summed E-state index contributed by atoms with van der Waals surface area (Å²) in [7, 11) is 0. The topological polar surface area (TPSA) is 87.3 Å². The minimum Gasteiger partial charge on any atom is -0.310 e. The van der Waals surface area contributed by atoms with Crippen molar-refractivity contribution in [3.63, 3.8) is 0 Å². The molecule has 114 valence electrons. The quantitative estimate of drug-likeness (QED) is 0.854. The Morgan fingerprint density at radius 2 is 1.90 bits per heavy atom. The molecule has 2 aromatic rings. The fraction of sp³-hybridized carbons (Fsp3) is 0.600. The van der Waals surface area contributed by atoms with Gasteiger partial charge in [0, 0.05) is 12.1 Å². The third-order valence-electron chi connectivity index (χ3n) is 3.15. The highest BCUT2D eigenvalue weighted by Gasteiger charge is 2.11. The molecule has 0 amide bonds. The van der Waals surface area contributed by atoms with Crippen molar-refractivity contribution in [2.75, 3.05) is 0 Å². The van der Waals surface area contributed by atoms with Crippen molar-refractivity contribution in [3.8, 4) is 11.5 Å². The van der Waals surface area contributed by atoms with Gasteiger partial charge >= 0.3 is 5.69 Å². The van der Waals surface area contributed by atoms with Crippen LogP contribution in [0.2, 0.25) is 0 Å². The van der Waals surface area contributed by atoms with E-state index in [0.29, 0.717) is 23.4 Å². The van der Waals surface area contributed by atoms with Crippen molar-refractivity contribution >= 4 is 0 Å². The van der Waals surface area contributed by atoms with E-state index >= 15 is 0 Å². The molecule has 0 fully saturated rings. The molecule has 6 nitrogen and oxygen atoms in total. The molecule has 2 N–H and O–H groups in total. The lowest BCUT2D eigenvalue weighted by molar-refractivity contribution is 0.575. The molecule has 0 aliphatic rings. The Bertz CT molecular complexity index is 642. The molecule has 0 unspecified atom stereocenters. The van der Waals surface area contributed by atoms with Crippen LogP contribution in [0.4, 0.5) is 0 Å². The Balaban J connectivity index is 2.21. The first-order valence-corrected chi connectivity index (χ1v) is 7.46. The van der Waals surface area contributed by atoms with Crippen LogP contribution >= 0.6 is 0 Å². The van der Waals surface area contributed by atoms with Gasteiger partial charge in [-0.15, -0.1) is 0 Å². The third kappa shape index (κ3) is 4.51. The summed E-state index contributed by atoms with van der Waals surface area (Å²) >= 11 is 0. The van der Waals surface area contributed by atoms with Gasteiger partial charge in [0.2, 0.25) is 0 Å². The lowest BCUT2D eigenvalue weighted by atomic mass is 10.1. The van der Waals surface area contributed by atoms with E-state index in [9.17, 15) is 4.79 Å². The number of nitrogens with one attached hydrogen (secondary N) is 2. The van der Waals surface area contributed by atoms with Crippen LogP contribution in [0.25, 0.3) is 11.5 Å². The van der Waals surface area contributed by atoms with E-state index in [1.165, 1.54) is 0 Å². The number of aromatic amines is 2. The van der Waals surface area contributed by atoms with Gasteiger partial charge in [0.05, 0.1) is 0 Å². The maximum atomic E-state index is 11.7. The van der Waals surface area contributed by atoms with Crippen LogP contribution in [0.3, 0.4) is 0 Å². The van der Waals surface area contributed by atoms with Gasteiger partial charge in [-0.25, -0.2) is 9.78 Å². The van der Waals surface area contributed by atoms with Crippen LogP contribution in [-0.2, 0) is 12.8 Å². The highest BCUT2D eigenvalue weighted by Crippen LogP contribution is 2.14. The fourth-order valence-corrected chi connectivity index (χ4v) is 2.12. The Morgan fingerprint density at radius 3 is 2.57 bits per heavy atom. The molecule has 0 radical (unpaired) electrons. The molecule has 0 spiro atoms. The molecule has 0 aliphatic carbocycles. The number of rotatable bonds is 6. The smallest absolute Gasteiger partial charge is 0.310 e. The zero-order valence-corrected chi connectivity index (χ0v) is 13.1. The predicted molar refractivity (Wildman–Crippen MR) is 81.9 cm³/mol. The minimum atomic E-state index is -0.350. The summed E-state index contributed by atoms with van der Waals surface area (Å²) in [6.07, 6.45) is 2.71. The molecule has 21 heavy (non-hydrogen) atoms. The summed E-state index contributed by atoms with van der Waals surface area (Å²) in [5.74, 6) is 2.41. The molecular weight excluding hydrogens is 266 g/mol. The second kappa shape index (κ2) is 6.65. The third-order valence-corrected chi connectivity index (χ3v) is 3.15. The molecule has 0 bridgehead atoms. The fourth-order valence-electron chi connectivity index (χ4n) is 2.12. The van der Waals surface area contributed by atoms with E-state index < -0.39 is 0 Å². The SMILES string of the molecule is CC(C)CCc1nc(-c2cc(CC(C)C)[nH]c(=O)n2)n[nH]1. The first-order valence-electron chi connectivity index (χ1n) is 7.46. The average Bonchev–Trinajstić information content (AvgIpc) is 2.83. The lowest BCUT2D eigenvalue weighted by Crippen LogP contribution is -2.15. The Kier molecular flexibility index (Phi) is 4.88. The first-order chi connectivity index (χ1) is 9.94. The Labute approximate surface area is 124 Å². The Morgan fingerprint density at radius 1 is 1.14 bits per heavy atom. The maximum absolute atomic E-state index is 11.7. The van der Waals surface area contributed by atoms with Crippen molar-refractivity contribution in [2.24, 2.45) is 11.8 Å². The van der Waals surface area contributed by atoms with Crippen molar-refractivity contribution in [1.29, 1.82) is 0 Å². The van der Waals surface area contributed by atoms with E-state index in [-0.39, 0.29) is 5.69 Å². The molecule has 2 aromatic heterocycles. The van der Waals surface area contributed by atoms with E-state index in [4.69, 9.17) is 0 Å². The van der Waals surface area contributed by atoms with Gasteiger partial charge in [0.25, 0.3) is 0 Å². The van der Waals surface area contributed by atoms with Crippen LogP contribution in [-0.4, -0.2) is 25.1 Å². The largest absolute Gasteiger partial charge is 0.345 e. The second-order valence-electron chi connectivity index (χ2n) is 6.23. The zero-order chi connectivity index (χ0) is 15.4. The molecular formula is C15H23N5O. The number of hydrogen-bond donors (Lipinski definition) is 2. The highest BCUT2D eigenvalue weighted by molar-refractivity contribution is 5.48. The second-order valence-corrected chi connectivity index (χ2v) is 6.23. The van der Waals surface area contributed by atoms with Gasteiger partial charge in [-0.2, -0.15) is 10.1 Å². The summed E-state index contributed by atoms with van der Waals surface area (Å²) in [6.45, 7) is 8.56. The first kappa shape index (κ1) is 15.4. The van der Waals surface area contributed by atoms with Crippen LogP contribution in [0.5, 0.6) is 0 Å². The van der Waals surface area contributed by atoms with E-state index in [1.807, 2.05) is 6.07 Å². The molecule has 6 heteroatoms. The van der Waals surface area contributed by atoms with E-state index in [1.54, 1.807) is 0 Å². The minimum absolute atomic E-state index is 0.350. The summed E-state index contributed by atoms with van der Waals surface area (Å²) in [5, 5.41) is 7.10. The summed E-state index contributed by atoms with van der Waals surface area (Å²) in [4.78, 5) is 22.8. The molecule has 2 rings (SSSR count). The zero-order valence-electron chi connectivity index (χ0n) is 13.1. The standard InChI is InChI=1S/C15H23N5O/c1-9(2)5-6-13-18-14(20-19-13)12-8-11(7-10(3)4)16-15(21)17-12/h8-10H,5-7H2,1-4H3,(H,16,17,21)(H,18,19,20). The number of hydrogen-bond acceptors (Lipinski definition) is 4. The maximum Gasteiger partial charge on any atom is 0.345 e. The van der Waals surface area contributed by atoms with E-state index in [2.05, 4.69) is 52.8 Å². The molecule has 0 saturated carbocycles. The van der Waals surface area contributed by atoms with Crippen LogP contribution in [0.15, 0.2) is 10.9 Å². The molecule has 0 aliphatic heterocycles. The molecule has 2 heterocycles. The molecule has 0 aromatic carbocycles. The average molecular weight is 289 g/mol. The number of aromatic nitrogens is 5. The summed E-state index contributed by atoms with van der Waals surface area (Å²) in [6, 6.07) is 1.86. The van der Waals surface area contributed by atoms with Crippen LogP contribution in [0.1, 0.15) is 45.6 Å². The van der Waals surface area contributed by atoms with Crippen molar-refractivity contribution in [3.05, 3.63) is 28.1 Å². The van der Waals surface area contributed by atoms with Crippen molar-refractivity contribution < 1.29 is 0 Å². The van der Waals surface area contributed by atoms with E-state index in [0.717, 1.165) is 30.8 Å². The van der Waals surface area contributed by atoms with Crippen LogP contribution in [0, 0.1) is 11.8 Å². The summed E-state index contributed by atoms with van der Waals surface area (Å²) < 4.78 is 0. The van der Waals surface area contributed by atoms with Gasteiger partial charge in [-0.1, -0.05) is 27.7 Å². The summed E-state index contributed by atoms with van der Waals surface area (Å²) in [5.41, 5.74) is 1.05. The molecule has 0 saturated heterocycles. The molecule has 0 atom stereocenters. The normalized spacial score (nSPS) is 11.5. The van der Waals surface area contributed by atoms with Gasteiger partial charge in [-0.3, -0.25) is 5.10 Å². The number of H-pyrrole nitrogens is 2. The predicted octanol–water partition coefficient (Wildman–Crippen LogP) is 2.34. The number of aryl methyl sites for hydroxylation is 1. The van der Waals surface area contributed by atoms with Gasteiger partial charge in [-0.05, 0) is 30.7 Å². The monoisotopic (exact) mass is 289 g/mol. The van der Waals surface area contributed by atoms with Gasteiger partial charge in [0.1, 0.15) is 11.5 Å². The number of nitrogens with zero attached hydrogens (tertiary/aromatic N) is 3. The highest BCUT2D eigenvalue weighted by atomic mass is 16.1. The van der Waals surface area contributed by atoms with Crippen molar-refractivity contribution in [2.45, 2.75) is 47.0 Å². The van der Waals surface area contributed by atoms with Crippen molar-refractivity contribution in [1.82, 2.24) is 25.1 Å². The van der Waals surface area contributed by atoms with Crippen LogP contribution < -0.4 is 5.69 Å². The van der Waals surface area contributed by atoms with Gasteiger partial charge in [0.15, 0.2) is 5.82 Å². The lowest BCUT2D eigenvalue weighted by Gasteiger charge is -2.04. The Hall–Kier alpha value is -1.98. The van der Waals surface area contributed by atoms with Gasteiger partial charge < -0.3 is 4.98 Å².